The lowest BCUT2D eigenvalue weighted by molar-refractivity contribution is -0.122. The maximum atomic E-state index is 11.8. The first-order chi connectivity index (χ1) is 9.48. The average molecular weight is 297 g/mol. The van der Waals surface area contributed by atoms with Gasteiger partial charge in [0.2, 0.25) is 5.91 Å². The molecule has 1 atom stereocenters. The number of carbonyl (C=O) groups is 1. The first-order valence-corrected chi connectivity index (χ1v) is 8.41. The highest BCUT2D eigenvalue weighted by atomic mass is 32.2. The Hall–Kier alpha value is -1.56. The molecule has 110 valence electrons. The zero-order valence-corrected chi connectivity index (χ0v) is 12.3. The number of methoxy groups -OCH3 is 1. The predicted octanol–water partition coefficient (Wildman–Crippen LogP) is 1.14. The SMILES string of the molecule is COc1ccc(CNC(=O)C[C@@H]2CCS(=O)(=O)C2)cc1. The standard InChI is InChI=1S/C14H19NO4S/c1-19-13-4-2-11(3-5-13)9-15-14(16)8-12-6-7-20(17,18)10-12/h2-5,12H,6-10H2,1H3,(H,15,16)/t12-/m0/s1. The molecule has 5 nitrogen and oxygen atoms in total. The van der Waals surface area contributed by atoms with Crippen molar-refractivity contribution in [3.05, 3.63) is 29.8 Å². The first kappa shape index (κ1) is 14.8. The second-order valence-electron chi connectivity index (χ2n) is 5.10. The van der Waals surface area contributed by atoms with Crippen molar-refractivity contribution in [1.82, 2.24) is 5.32 Å². The van der Waals surface area contributed by atoms with Crippen LogP contribution in [-0.2, 0) is 21.2 Å². The summed E-state index contributed by atoms with van der Waals surface area (Å²) in [5.74, 6) is 1.00. The van der Waals surface area contributed by atoms with Crippen LogP contribution in [0.4, 0.5) is 0 Å². The first-order valence-electron chi connectivity index (χ1n) is 6.58. The van der Waals surface area contributed by atoms with Crippen LogP contribution < -0.4 is 10.1 Å². The van der Waals surface area contributed by atoms with E-state index in [9.17, 15) is 13.2 Å². The number of hydrogen-bond donors (Lipinski definition) is 1. The predicted molar refractivity (Wildman–Crippen MR) is 76.2 cm³/mol. The molecule has 1 amide bonds. The summed E-state index contributed by atoms with van der Waals surface area (Å²) in [6.07, 6.45) is 0.883. The third-order valence-corrected chi connectivity index (χ3v) is 5.29. The Kier molecular flexibility index (Phi) is 4.65. The second kappa shape index (κ2) is 6.26. The number of amides is 1. The molecule has 2 rings (SSSR count). The van der Waals surface area contributed by atoms with Gasteiger partial charge in [-0.15, -0.1) is 0 Å². The van der Waals surface area contributed by atoms with Gasteiger partial charge >= 0.3 is 0 Å². The van der Waals surface area contributed by atoms with E-state index in [4.69, 9.17) is 4.74 Å². The fourth-order valence-corrected chi connectivity index (χ4v) is 4.17. The van der Waals surface area contributed by atoms with Crippen molar-refractivity contribution in [1.29, 1.82) is 0 Å². The lowest BCUT2D eigenvalue weighted by atomic mass is 10.1. The summed E-state index contributed by atoms with van der Waals surface area (Å²) in [6.45, 7) is 0.447. The van der Waals surface area contributed by atoms with Crippen LogP contribution in [0, 0.1) is 5.92 Å². The summed E-state index contributed by atoms with van der Waals surface area (Å²) >= 11 is 0. The minimum atomic E-state index is -2.91. The quantitative estimate of drug-likeness (QED) is 0.884. The lowest BCUT2D eigenvalue weighted by Crippen LogP contribution is -2.25. The monoisotopic (exact) mass is 297 g/mol. The third-order valence-electron chi connectivity index (χ3n) is 3.45. The fourth-order valence-electron chi connectivity index (χ4n) is 2.31. The van der Waals surface area contributed by atoms with Gasteiger partial charge in [-0.05, 0) is 30.0 Å². The highest BCUT2D eigenvalue weighted by molar-refractivity contribution is 7.91. The van der Waals surface area contributed by atoms with E-state index in [0.29, 0.717) is 13.0 Å². The number of sulfone groups is 1. The maximum absolute atomic E-state index is 11.8. The van der Waals surface area contributed by atoms with E-state index in [0.717, 1.165) is 11.3 Å². The number of nitrogens with one attached hydrogen (secondary N) is 1. The molecule has 0 saturated carbocycles. The van der Waals surface area contributed by atoms with E-state index in [1.54, 1.807) is 7.11 Å². The van der Waals surface area contributed by atoms with Gasteiger partial charge in [-0.2, -0.15) is 0 Å². The molecule has 6 heteroatoms. The van der Waals surface area contributed by atoms with Crippen LogP contribution in [0.5, 0.6) is 5.75 Å². The summed E-state index contributed by atoms with van der Waals surface area (Å²) in [5, 5.41) is 2.82. The zero-order valence-electron chi connectivity index (χ0n) is 11.5. The number of hydrogen-bond acceptors (Lipinski definition) is 4. The lowest BCUT2D eigenvalue weighted by Gasteiger charge is -2.09. The number of ether oxygens (including phenoxy) is 1. The summed E-state index contributed by atoms with van der Waals surface area (Å²) < 4.78 is 27.7. The van der Waals surface area contributed by atoms with Crippen LogP contribution >= 0.6 is 0 Å². The molecule has 0 bridgehead atoms. The van der Waals surface area contributed by atoms with Crippen molar-refractivity contribution in [3.63, 3.8) is 0 Å². The van der Waals surface area contributed by atoms with Gasteiger partial charge in [0.25, 0.3) is 0 Å². The van der Waals surface area contributed by atoms with Gasteiger partial charge in [0, 0.05) is 13.0 Å². The molecule has 1 aliphatic rings. The zero-order chi connectivity index (χ0) is 14.6. The number of carbonyl (C=O) groups excluding carboxylic acids is 1. The topological polar surface area (TPSA) is 72.5 Å². The van der Waals surface area contributed by atoms with E-state index in [1.165, 1.54) is 0 Å². The Morgan fingerprint density at radius 2 is 2.05 bits per heavy atom. The van der Waals surface area contributed by atoms with Crippen LogP contribution in [0.25, 0.3) is 0 Å². The fraction of sp³-hybridized carbons (Fsp3) is 0.500. The van der Waals surface area contributed by atoms with Crippen molar-refractivity contribution in [2.24, 2.45) is 5.92 Å². The Bertz CT molecular complexity index is 565. The van der Waals surface area contributed by atoms with Crippen molar-refractivity contribution in [2.75, 3.05) is 18.6 Å². The Morgan fingerprint density at radius 3 is 2.60 bits per heavy atom. The largest absolute Gasteiger partial charge is 0.497 e. The van der Waals surface area contributed by atoms with Crippen molar-refractivity contribution in [2.45, 2.75) is 19.4 Å². The molecule has 1 heterocycles. The molecule has 0 radical (unpaired) electrons. The second-order valence-corrected chi connectivity index (χ2v) is 7.33. The Morgan fingerprint density at radius 1 is 1.35 bits per heavy atom. The van der Waals surface area contributed by atoms with Gasteiger partial charge in [0.15, 0.2) is 9.84 Å². The van der Waals surface area contributed by atoms with Gasteiger partial charge < -0.3 is 10.1 Å². The van der Waals surface area contributed by atoms with E-state index in [2.05, 4.69) is 5.32 Å². The van der Waals surface area contributed by atoms with Crippen molar-refractivity contribution < 1.29 is 17.9 Å². The molecular formula is C14H19NO4S. The van der Waals surface area contributed by atoms with Gasteiger partial charge in [-0.25, -0.2) is 8.42 Å². The molecule has 1 saturated heterocycles. The van der Waals surface area contributed by atoms with Gasteiger partial charge in [0.1, 0.15) is 5.75 Å². The summed E-state index contributed by atoms with van der Waals surface area (Å²) in [5.41, 5.74) is 0.984. The molecule has 0 spiro atoms. The van der Waals surface area contributed by atoms with Crippen LogP contribution in [0.15, 0.2) is 24.3 Å². The molecule has 1 fully saturated rings. The summed E-state index contributed by atoms with van der Waals surface area (Å²) in [4.78, 5) is 11.8. The van der Waals surface area contributed by atoms with Crippen LogP contribution in [-0.4, -0.2) is 32.9 Å². The minimum Gasteiger partial charge on any atom is -0.497 e. The third kappa shape index (κ3) is 4.23. The van der Waals surface area contributed by atoms with E-state index >= 15 is 0 Å². The molecular weight excluding hydrogens is 278 g/mol. The minimum absolute atomic E-state index is 0.0316. The number of rotatable bonds is 5. The normalized spacial score (nSPS) is 20.6. The van der Waals surface area contributed by atoms with Crippen molar-refractivity contribution in [3.8, 4) is 5.75 Å². The Labute approximate surface area is 119 Å². The number of benzene rings is 1. The van der Waals surface area contributed by atoms with Crippen LogP contribution in [0.2, 0.25) is 0 Å². The molecule has 1 aromatic rings. The van der Waals surface area contributed by atoms with Crippen molar-refractivity contribution >= 4 is 15.7 Å². The molecule has 1 aliphatic heterocycles. The van der Waals surface area contributed by atoms with Gasteiger partial charge in [-0.3, -0.25) is 4.79 Å². The molecule has 20 heavy (non-hydrogen) atoms. The maximum Gasteiger partial charge on any atom is 0.220 e. The summed E-state index contributed by atoms with van der Waals surface area (Å²) in [6, 6.07) is 7.45. The van der Waals surface area contributed by atoms with Gasteiger partial charge in [0.05, 0.1) is 18.6 Å². The van der Waals surface area contributed by atoms with E-state index < -0.39 is 9.84 Å². The highest BCUT2D eigenvalue weighted by Gasteiger charge is 2.29. The Balaban J connectivity index is 1.77. The van der Waals surface area contributed by atoms with E-state index in [-0.39, 0.29) is 29.8 Å². The summed E-state index contributed by atoms with van der Waals surface area (Å²) in [7, 11) is -1.31. The smallest absolute Gasteiger partial charge is 0.220 e. The van der Waals surface area contributed by atoms with Gasteiger partial charge in [-0.1, -0.05) is 12.1 Å². The van der Waals surface area contributed by atoms with Crippen LogP contribution in [0.3, 0.4) is 0 Å². The van der Waals surface area contributed by atoms with Crippen LogP contribution in [0.1, 0.15) is 18.4 Å². The molecule has 0 aliphatic carbocycles. The highest BCUT2D eigenvalue weighted by Crippen LogP contribution is 2.21. The molecule has 1 aromatic carbocycles. The molecule has 1 N–H and O–H groups in total. The van der Waals surface area contributed by atoms with E-state index in [1.807, 2.05) is 24.3 Å². The average Bonchev–Trinajstić information content (AvgIpc) is 2.76. The molecule has 0 aromatic heterocycles. The molecule has 0 unspecified atom stereocenters.